The summed E-state index contributed by atoms with van der Waals surface area (Å²) in [6.45, 7) is 0. The van der Waals surface area contributed by atoms with E-state index in [1.807, 2.05) is 12.1 Å². The molecule has 0 spiro atoms. The maximum absolute atomic E-state index is 12.2. The quantitative estimate of drug-likeness (QED) is 0.866. The van der Waals surface area contributed by atoms with Gasteiger partial charge < -0.3 is 14.6 Å². The minimum Gasteiger partial charge on any atom is -0.504 e. The summed E-state index contributed by atoms with van der Waals surface area (Å²) in [5.41, 5.74) is 2.11. The minimum absolute atomic E-state index is 0.0450. The van der Waals surface area contributed by atoms with Crippen LogP contribution in [0.15, 0.2) is 47.6 Å². The number of phenols is 1. The zero-order valence-corrected chi connectivity index (χ0v) is 15.5. The van der Waals surface area contributed by atoms with Gasteiger partial charge in [0.15, 0.2) is 11.5 Å². The van der Waals surface area contributed by atoms with Crippen LogP contribution in [-0.4, -0.2) is 44.1 Å². The second kappa shape index (κ2) is 6.87. The van der Waals surface area contributed by atoms with Crippen LogP contribution < -0.4 is 9.47 Å². The molecule has 26 heavy (non-hydrogen) atoms. The van der Waals surface area contributed by atoms with E-state index < -0.39 is 16.1 Å². The molecule has 0 aromatic heterocycles. The molecular formula is C18H20N2O5S. The number of aromatic hydroxyl groups is 1. The Balaban J connectivity index is 1.97. The van der Waals surface area contributed by atoms with E-state index in [-0.39, 0.29) is 5.75 Å². The minimum atomic E-state index is -3.57. The number of rotatable bonds is 5. The Hall–Kier alpha value is -2.74. The largest absolute Gasteiger partial charge is 0.504 e. The molecule has 0 bridgehead atoms. The number of phenolic OH excluding ortho intramolecular Hbond substituents is 1. The topological polar surface area (TPSA) is 88.4 Å². The molecule has 3 rings (SSSR count). The molecule has 8 heteroatoms. The molecule has 0 saturated carbocycles. The molecule has 1 N–H and O–H groups in total. The Morgan fingerprint density at radius 1 is 1.12 bits per heavy atom. The van der Waals surface area contributed by atoms with Gasteiger partial charge in [-0.25, -0.2) is 8.42 Å². The van der Waals surface area contributed by atoms with Crippen molar-refractivity contribution in [2.75, 3.05) is 20.5 Å². The molecule has 1 heterocycles. The van der Waals surface area contributed by atoms with Gasteiger partial charge >= 0.3 is 0 Å². The molecule has 1 aliphatic rings. The highest BCUT2D eigenvalue weighted by Crippen LogP contribution is 2.38. The monoisotopic (exact) mass is 376 g/mol. The van der Waals surface area contributed by atoms with Crippen LogP contribution in [-0.2, 0) is 10.0 Å². The fraction of sp³-hybridized carbons (Fsp3) is 0.278. The number of hydrogen-bond donors (Lipinski definition) is 1. The average Bonchev–Trinajstić information content (AvgIpc) is 3.07. The normalized spacial score (nSPS) is 17.1. The smallest absolute Gasteiger partial charge is 0.247 e. The van der Waals surface area contributed by atoms with E-state index in [2.05, 4.69) is 5.10 Å². The third-order valence-corrected chi connectivity index (χ3v) is 5.24. The first-order valence-corrected chi connectivity index (χ1v) is 9.76. The Morgan fingerprint density at radius 2 is 1.81 bits per heavy atom. The molecule has 7 nitrogen and oxygen atoms in total. The molecule has 1 aliphatic heterocycles. The molecule has 138 valence electrons. The summed E-state index contributed by atoms with van der Waals surface area (Å²) in [5.74, 6) is 0.995. The summed E-state index contributed by atoms with van der Waals surface area (Å²) in [5, 5.41) is 14.4. The molecule has 0 unspecified atom stereocenters. The van der Waals surface area contributed by atoms with Gasteiger partial charge in [-0.05, 0) is 47.5 Å². The molecule has 0 saturated heterocycles. The van der Waals surface area contributed by atoms with E-state index in [0.29, 0.717) is 29.2 Å². The van der Waals surface area contributed by atoms with Crippen molar-refractivity contribution in [1.82, 2.24) is 4.41 Å². The Morgan fingerprint density at radius 3 is 2.35 bits per heavy atom. The molecule has 0 radical (unpaired) electrons. The first-order valence-electron chi connectivity index (χ1n) is 7.91. The number of methoxy groups -OCH3 is 2. The Bertz CT molecular complexity index is 939. The van der Waals surface area contributed by atoms with Crippen LogP contribution in [0.2, 0.25) is 0 Å². The van der Waals surface area contributed by atoms with Crippen molar-refractivity contribution < 1.29 is 23.0 Å². The third-order valence-electron chi connectivity index (χ3n) is 4.22. The van der Waals surface area contributed by atoms with Gasteiger partial charge in [0.2, 0.25) is 10.0 Å². The van der Waals surface area contributed by atoms with Gasteiger partial charge in [0, 0.05) is 6.42 Å². The van der Waals surface area contributed by atoms with Gasteiger partial charge in [-0.3, -0.25) is 0 Å². The van der Waals surface area contributed by atoms with Crippen molar-refractivity contribution in [2.24, 2.45) is 5.10 Å². The molecule has 1 atom stereocenters. The number of sulfonamides is 1. The van der Waals surface area contributed by atoms with Gasteiger partial charge in [-0.15, -0.1) is 0 Å². The van der Waals surface area contributed by atoms with Crippen LogP contribution in [0.5, 0.6) is 17.2 Å². The summed E-state index contributed by atoms with van der Waals surface area (Å²) in [6.07, 6.45) is 1.51. The van der Waals surface area contributed by atoms with Gasteiger partial charge in [0.25, 0.3) is 0 Å². The van der Waals surface area contributed by atoms with E-state index in [1.165, 1.54) is 13.2 Å². The summed E-state index contributed by atoms with van der Waals surface area (Å²) in [6, 6.07) is 11.6. The van der Waals surface area contributed by atoms with Crippen LogP contribution in [0.1, 0.15) is 23.6 Å². The summed E-state index contributed by atoms with van der Waals surface area (Å²) in [7, 11) is -0.535. The van der Waals surface area contributed by atoms with Gasteiger partial charge in [-0.2, -0.15) is 9.52 Å². The van der Waals surface area contributed by atoms with Crippen LogP contribution in [0, 0.1) is 0 Å². The van der Waals surface area contributed by atoms with Crippen molar-refractivity contribution in [1.29, 1.82) is 0 Å². The van der Waals surface area contributed by atoms with E-state index in [4.69, 9.17) is 9.47 Å². The lowest BCUT2D eigenvalue weighted by Gasteiger charge is -2.21. The maximum atomic E-state index is 12.2. The lowest BCUT2D eigenvalue weighted by molar-refractivity contribution is 0.362. The number of benzene rings is 2. The number of nitrogens with zero attached hydrogens (tertiary/aromatic N) is 2. The van der Waals surface area contributed by atoms with Gasteiger partial charge in [-0.1, -0.05) is 6.07 Å². The predicted octanol–water partition coefficient (Wildman–Crippen LogP) is 2.52. The van der Waals surface area contributed by atoms with Crippen LogP contribution in [0.4, 0.5) is 0 Å². The lowest BCUT2D eigenvalue weighted by atomic mass is 9.99. The van der Waals surface area contributed by atoms with Crippen LogP contribution in [0.25, 0.3) is 0 Å². The fourth-order valence-corrected chi connectivity index (χ4v) is 3.82. The molecule has 0 fully saturated rings. The number of hydrogen-bond acceptors (Lipinski definition) is 6. The highest BCUT2D eigenvalue weighted by atomic mass is 32.2. The highest BCUT2D eigenvalue weighted by Gasteiger charge is 2.34. The fourth-order valence-electron chi connectivity index (χ4n) is 2.91. The van der Waals surface area contributed by atoms with E-state index in [0.717, 1.165) is 16.2 Å². The lowest BCUT2D eigenvalue weighted by Crippen LogP contribution is -2.25. The zero-order valence-electron chi connectivity index (χ0n) is 14.7. The van der Waals surface area contributed by atoms with Crippen LogP contribution >= 0.6 is 0 Å². The second-order valence-corrected chi connectivity index (χ2v) is 7.80. The van der Waals surface area contributed by atoms with Crippen molar-refractivity contribution in [3.05, 3.63) is 53.6 Å². The van der Waals surface area contributed by atoms with E-state index >= 15 is 0 Å². The van der Waals surface area contributed by atoms with Crippen molar-refractivity contribution in [2.45, 2.75) is 12.5 Å². The molecule has 0 amide bonds. The van der Waals surface area contributed by atoms with Crippen molar-refractivity contribution >= 4 is 15.7 Å². The molecule has 2 aromatic rings. The first kappa shape index (κ1) is 18.1. The SMILES string of the molecule is COc1ccc(C2=NN(S(C)(=O)=O)[C@@H](c3ccc(OC)c(O)c3)C2)cc1. The predicted molar refractivity (Wildman–Crippen MR) is 98.2 cm³/mol. The third kappa shape index (κ3) is 3.45. The Labute approximate surface area is 152 Å². The first-order chi connectivity index (χ1) is 12.3. The van der Waals surface area contributed by atoms with Crippen LogP contribution in [0.3, 0.4) is 0 Å². The maximum Gasteiger partial charge on any atom is 0.247 e. The van der Waals surface area contributed by atoms with Crippen molar-refractivity contribution in [3.8, 4) is 17.2 Å². The summed E-state index contributed by atoms with van der Waals surface area (Å²) in [4.78, 5) is 0. The number of ether oxygens (including phenoxy) is 2. The zero-order chi connectivity index (χ0) is 18.9. The Kier molecular flexibility index (Phi) is 4.78. The average molecular weight is 376 g/mol. The van der Waals surface area contributed by atoms with Gasteiger partial charge in [0.1, 0.15) is 5.75 Å². The molecular weight excluding hydrogens is 356 g/mol. The molecule has 0 aliphatic carbocycles. The highest BCUT2D eigenvalue weighted by molar-refractivity contribution is 7.88. The number of hydrazone groups is 1. The van der Waals surface area contributed by atoms with Gasteiger partial charge in [0.05, 0.1) is 32.2 Å². The summed E-state index contributed by atoms with van der Waals surface area (Å²) < 4.78 is 35.7. The van der Waals surface area contributed by atoms with E-state index in [9.17, 15) is 13.5 Å². The molecule has 2 aromatic carbocycles. The standard InChI is InChI=1S/C18H20N2O5S/c1-24-14-7-4-12(5-8-14)15-11-16(20(19-15)26(3,22)23)13-6-9-18(25-2)17(21)10-13/h4-10,16,21H,11H2,1-3H3/t16-/m1/s1. The second-order valence-electron chi connectivity index (χ2n) is 5.96. The van der Waals surface area contributed by atoms with E-state index in [1.54, 1.807) is 31.4 Å². The van der Waals surface area contributed by atoms with Crippen molar-refractivity contribution in [3.63, 3.8) is 0 Å². The summed E-state index contributed by atoms with van der Waals surface area (Å²) >= 11 is 0.